The fraction of sp³-hybridized carbons (Fsp3) is 0.333. The van der Waals surface area contributed by atoms with Gasteiger partial charge in [-0.2, -0.15) is 0 Å². The third-order valence-corrected chi connectivity index (χ3v) is 4.36. The third-order valence-electron chi connectivity index (χ3n) is 4.36. The second-order valence-corrected chi connectivity index (χ2v) is 6.98. The molecule has 0 fully saturated rings. The minimum absolute atomic E-state index is 0.319. The molecular weight excluding hydrogens is 352 g/mol. The molecule has 0 aliphatic heterocycles. The molecule has 0 saturated heterocycles. The average molecular weight is 380 g/mol. The summed E-state index contributed by atoms with van der Waals surface area (Å²) in [6.07, 6.45) is 4.97. The number of benzene rings is 2. The lowest BCUT2D eigenvalue weighted by atomic mass is 10.0. The van der Waals surface area contributed by atoms with E-state index in [9.17, 15) is 9.59 Å². The van der Waals surface area contributed by atoms with Crippen LogP contribution >= 0.6 is 0 Å². The molecule has 0 aromatic heterocycles. The minimum Gasteiger partial charge on any atom is -0.462 e. The van der Waals surface area contributed by atoms with Crippen LogP contribution in [0.1, 0.15) is 54.1 Å². The van der Waals surface area contributed by atoms with E-state index in [0.29, 0.717) is 23.5 Å². The number of rotatable bonds is 10. The molecule has 0 heterocycles. The van der Waals surface area contributed by atoms with Crippen LogP contribution < -0.4 is 4.74 Å². The minimum atomic E-state index is -0.347. The maximum atomic E-state index is 12.2. The Morgan fingerprint density at radius 1 is 0.893 bits per heavy atom. The molecule has 0 spiro atoms. The molecule has 2 aromatic rings. The van der Waals surface area contributed by atoms with Gasteiger partial charge >= 0.3 is 11.9 Å². The van der Waals surface area contributed by atoms with E-state index in [2.05, 4.69) is 6.58 Å². The highest BCUT2D eigenvalue weighted by Crippen LogP contribution is 2.15. The summed E-state index contributed by atoms with van der Waals surface area (Å²) in [6.45, 7) is 7.64. The Balaban J connectivity index is 1.66. The summed E-state index contributed by atoms with van der Waals surface area (Å²) in [5.74, 6) is -0.116. The molecule has 0 unspecified atom stereocenters. The van der Waals surface area contributed by atoms with Crippen LogP contribution in [0.5, 0.6) is 5.75 Å². The van der Waals surface area contributed by atoms with Crippen molar-refractivity contribution >= 4 is 11.9 Å². The van der Waals surface area contributed by atoms with Crippen LogP contribution in [0.15, 0.2) is 60.7 Å². The summed E-state index contributed by atoms with van der Waals surface area (Å²) in [6, 6.07) is 15.0. The highest BCUT2D eigenvalue weighted by atomic mass is 16.5. The SMILES string of the molecule is C=C(C)C(=O)OCCCCCCc1ccc(C(=O)Oc2ccc(C)cc2)cc1. The van der Waals surface area contributed by atoms with Crippen LogP contribution in [0.4, 0.5) is 0 Å². The van der Waals surface area contributed by atoms with Crippen LogP contribution in [0.2, 0.25) is 0 Å². The van der Waals surface area contributed by atoms with E-state index in [1.807, 2.05) is 43.3 Å². The predicted octanol–water partition coefficient (Wildman–Crippen LogP) is 5.44. The largest absolute Gasteiger partial charge is 0.462 e. The Morgan fingerprint density at radius 3 is 2.18 bits per heavy atom. The van der Waals surface area contributed by atoms with Crippen LogP contribution in [-0.4, -0.2) is 18.5 Å². The summed E-state index contributed by atoms with van der Waals surface area (Å²) < 4.78 is 10.5. The first-order valence-corrected chi connectivity index (χ1v) is 9.66. The molecular formula is C24H28O4. The number of ether oxygens (including phenoxy) is 2. The maximum Gasteiger partial charge on any atom is 0.343 e. The summed E-state index contributed by atoms with van der Waals surface area (Å²) in [5, 5.41) is 0. The van der Waals surface area contributed by atoms with Crippen molar-refractivity contribution in [3.05, 3.63) is 77.4 Å². The highest BCUT2D eigenvalue weighted by Gasteiger charge is 2.08. The lowest BCUT2D eigenvalue weighted by Gasteiger charge is -2.06. The molecule has 2 rings (SSSR count). The standard InChI is InChI=1S/C24H28O4/c1-18(2)23(25)27-17-7-5-4-6-8-20-11-13-21(14-12-20)24(26)28-22-15-9-19(3)10-16-22/h9-16H,1,4-8,17H2,2-3H3. The second kappa shape index (κ2) is 11.1. The van der Waals surface area contributed by atoms with Gasteiger partial charge in [0, 0.05) is 5.57 Å². The van der Waals surface area contributed by atoms with Crippen molar-refractivity contribution < 1.29 is 19.1 Å². The van der Waals surface area contributed by atoms with Gasteiger partial charge in [0.05, 0.1) is 12.2 Å². The zero-order chi connectivity index (χ0) is 20.4. The predicted molar refractivity (Wildman–Crippen MR) is 111 cm³/mol. The highest BCUT2D eigenvalue weighted by molar-refractivity contribution is 5.91. The van der Waals surface area contributed by atoms with Crippen molar-refractivity contribution in [1.29, 1.82) is 0 Å². The summed E-state index contributed by atoms with van der Waals surface area (Å²) >= 11 is 0. The second-order valence-electron chi connectivity index (χ2n) is 6.98. The normalized spacial score (nSPS) is 10.4. The van der Waals surface area contributed by atoms with Crippen molar-refractivity contribution in [2.75, 3.05) is 6.61 Å². The van der Waals surface area contributed by atoms with Gasteiger partial charge in [0.2, 0.25) is 0 Å². The van der Waals surface area contributed by atoms with Crippen molar-refractivity contribution in [2.24, 2.45) is 0 Å². The average Bonchev–Trinajstić information content (AvgIpc) is 2.69. The number of esters is 2. The molecule has 0 saturated carbocycles. The van der Waals surface area contributed by atoms with Crippen molar-refractivity contribution in [2.45, 2.75) is 46.0 Å². The Morgan fingerprint density at radius 2 is 1.54 bits per heavy atom. The van der Waals surface area contributed by atoms with E-state index in [-0.39, 0.29) is 11.9 Å². The first kappa shape index (κ1) is 21.4. The molecule has 2 aromatic carbocycles. The van der Waals surface area contributed by atoms with E-state index in [1.165, 1.54) is 5.56 Å². The Bertz CT molecular complexity index is 788. The van der Waals surface area contributed by atoms with Crippen molar-refractivity contribution in [3.8, 4) is 5.75 Å². The molecule has 4 heteroatoms. The van der Waals surface area contributed by atoms with Gasteiger partial charge in [-0.15, -0.1) is 0 Å². The zero-order valence-electron chi connectivity index (χ0n) is 16.7. The third kappa shape index (κ3) is 7.39. The summed E-state index contributed by atoms with van der Waals surface area (Å²) in [5.41, 5.74) is 3.30. The smallest absolute Gasteiger partial charge is 0.343 e. The van der Waals surface area contributed by atoms with E-state index in [0.717, 1.165) is 37.7 Å². The van der Waals surface area contributed by atoms with E-state index in [1.54, 1.807) is 19.1 Å². The number of unbranched alkanes of at least 4 members (excludes halogenated alkanes) is 3. The van der Waals surface area contributed by atoms with Gasteiger partial charge in [-0.1, -0.05) is 49.2 Å². The molecule has 0 aliphatic rings. The number of carbonyl (C=O) groups is 2. The van der Waals surface area contributed by atoms with Gasteiger partial charge < -0.3 is 9.47 Å². The molecule has 0 atom stereocenters. The lowest BCUT2D eigenvalue weighted by molar-refractivity contribution is -0.139. The number of aryl methyl sites for hydroxylation is 2. The van der Waals surface area contributed by atoms with Crippen molar-refractivity contribution in [1.82, 2.24) is 0 Å². The topological polar surface area (TPSA) is 52.6 Å². The van der Waals surface area contributed by atoms with Crippen LogP contribution in [0.3, 0.4) is 0 Å². The van der Waals surface area contributed by atoms with Crippen molar-refractivity contribution in [3.63, 3.8) is 0 Å². The molecule has 0 bridgehead atoms. The van der Waals surface area contributed by atoms with Crippen LogP contribution in [-0.2, 0) is 16.0 Å². The summed E-state index contributed by atoms with van der Waals surface area (Å²) in [4.78, 5) is 23.5. The maximum absolute atomic E-state index is 12.2. The van der Waals surface area contributed by atoms with Gasteiger partial charge in [0.25, 0.3) is 0 Å². The van der Waals surface area contributed by atoms with Gasteiger partial charge in [-0.3, -0.25) is 0 Å². The Kier molecular flexibility index (Phi) is 8.47. The van der Waals surface area contributed by atoms with Gasteiger partial charge in [-0.05, 0) is 62.9 Å². The Hall–Kier alpha value is -2.88. The first-order valence-electron chi connectivity index (χ1n) is 9.66. The van der Waals surface area contributed by atoms with E-state index < -0.39 is 0 Å². The quantitative estimate of drug-likeness (QED) is 0.238. The molecule has 0 radical (unpaired) electrons. The fourth-order valence-corrected chi connectivity index (χ4v) is 2.65. The van der Waals surface area contributed by atoms with Gasteiger partial charge in [0.15, 0.2) is 0 Å². The number of hydrogen-bond donors (Lipinski definition) is 0. The first-order chi connectivity index (χ1) is 13.5. The zero-order valence-corrected chi connectivity index (χ0v) is 16.7. The Labute approximate surface area is 167 Å². The van der Waals surface area contributed by atoms with Gasteiger partial charge in [0.1, 0.15) is 5.75 Å². The van der Waals surface area contributed by atoms with Crippen LogP contribution in [0.25, 0.3) is 0 Å². The fourth-order valence-electron chi connectivity index (χ4n) is 2.65. The van der Waals surface area contributed by atoms with Crippen LogP contribution in [0, 0.1) is 6.92 Å². The lowest BCUT2D eigenvalue weighted by Crippen LogP contribution is -2.08. The van der Waals surface area contributed by atoms with E-state index in [4.69, 9.17) is 9.47 Å². The number of carbonyl (C=O) groups excluding carboxylic acids is 2. The molecule has 0 N–H and O–H groups in total. The molecule has 0 amide bonds. The number of hydrogen-bond acceptors (Lipinski definition) is 4. The summed E-state index contributed by atoms with van der Waals surface area (Å²) in [7, 11) is 0. The monoisotopic (exact) mass is 380 g/mol. The molecule has 4 nitrogen and oxygen atoms in total. The van der Waals surface area contributed by atoms with E-state index >= 15 is 0 Å². The molecule has 0 aliphatic carbocycles. The molecule has 28 heavy (non-hydrogen) atoms. The molecule has 148 valence electrons. The van der Waals surface area contributed by atoms with Gasteiger partial charge in [-0.25, -0.2) is 9.59 Å².